The Morgan fingerprint density at radius 3 is 3.12 bits per heavy atom. The lowest BCUT2D eigenvalue weighted by Crippen LogP contribution is -2.16. The Labute approximate surface area is 96.8 Å². The zero-order chi connectivity index (χ0) is 11.8. The summed E-state index contributed by atoms with van der Waals surface area (Å²) in [4.78, 5) is 4.44. The topological polar surface area (TPSA) is 46.0 Å². The van der Waals surface area contributed by atoms with Gasteiger partial charge in [0.15, 0.2) is 0 Å². The number of nitrogens with one attached hydrogen (secondary N) is 1. The molecule has 0 saturated carbocycles. The zero-order valence-corrected chi connectivity index (χ0v) is 9.99. The van der Waals surface area contributed by atoms with Crippen LogP contribution < -0.4 is 5.43 Å². The first kappa shape index (κ1) is 12.6. The molecule has 16 heavy (non-hydrogen) atoms. The molecule has 1 rings (SSSR count). The van der Waals surface area contributed by atoms with Gasteiger partial charge in [-0.2, -0.15) is 5.10 Å². The molecule has 4 heteroatoms. The summed E-state index contributed by atoms with van der Waals surface area (Å²) in [5.74, 6) is 0. The maximum absolute atomic E-state index is 5.01. The van der Waals surface area contributed by atoms with E-state index in [1.807, 2.05) is 12.2 Å². The Bertz CT molecular complexity index is 329. The molecular formula is C12H19N3O. The molecule has 1 aliphatic heterocycles. The van der Waals surface area contributed by atoms with Crippen LogP contribution in [0.15, 0.2) is 34.5 Å². The molecule has 0 saturated heterocycles. The third-order valence-electron chi connectivity index (χ3n) is 2.08. The molecule has 1 aliphatic rings. The van der Waals surface area contributed by atoms with Crippen LogP contribution in [0.3, 0.4) is 0 Å². The number of methoxy groups -OCH3 is 1. The number of ether oxygens (including phenoxy) is 1. The molecule has 1 heterocycles. The third kappa shape index (κ3) is 4.40. The number of rotatable bonds is 5. The quantitative estimate of drug-likeness (QED) is 0.770. The fourth-order valence-electron chi connectivity index (χ4n) is 1.36. The minimum Gasteiger partial charge on any atom is -0.378 e. The molecule has 0 amide bonds. The van der Waals surface area contributed by atoms with Gasteiger partial charge in [-0.1, -0.05) is 19.9 Å². The van der Waals surface area contributed by atoms with Crippen molar-refractivity contribution < 1.29 is 4.74 Å². The van der Waals surface area contributed by atoms with E-state index in [-0.39, 0.29) is 0 Å². The van der Waals surface area contributed by atoms with Crippen molar-refractivity contribution in [2.24, 2.45) is 10.1 Å². The summed E-state index contributed by atoms with van der Waals surface area (Å²) in [5.41, 5.74) is 5.69. The summed E-state index contributed by atoms with van der Waals surface area (Å²) in [7, 11) is 1.65. The minimum atomic E-state index is 0.507. The Morgan fingerprint density at radius 1 is 1.62 bits per heavy atom. The number of hydrogen-bond acceptors (Lipinski definition) is 4. The summed E-state index contributed by atoms with van der Waals surface area (Å²) in [6, 6.07) is 0. The maximum Gasteiger partial charge on any atom is 0.0901 e. The van der Waals surface area contributed by atoms with Crippen LogP contribution in [0.25, 0.3) is 0 Å². The van der Waals surface area contributed by atoms with Gasteiger partial charge in [-0.3, -0.25) is 4.99 Å². The van der Waals surface area contributed by atoms with E-state index in [0.29, 0.717) is 13.2 Å². The van der Waals surface area contributed by atoms with Crippen molar-refractivity contribution in [1.29, 1.82) is 0 Å². The van der Waals surface area contributed by atoms with Crippen LogP contribution >= 0.6 is 0 Å². The molecule has 88 valence electrons. The minimum absolute atomic E-state index is 0.507. The first-order valence-electron chi connectivity index (χ1n) is 5.48. The van der Waals surface area contributed by atoms with Gasteiger partial charge in [0.05, 0.1) is 24.6 Å². The van der Waals surface area contributed by atoms with E-state index >= 15 is 0 Å². The second kappa shape index (κ2) is 6.95. The van der Waals surface area contributed by atoms with E-state index in [1.165, 1.54) is 0 Å². The number of nitrogens with zero attached hydrogens (tertiary/aromatic N) is 2. The summed E-state index contributed by atoms with van der Waals surface area (Å²) >= 11 is 0. The number of aliphatic imine (C=N–C) groups is 1. The number of hydrazone groups is 1. The average Bonchev–Trinajstić information content (AvgIpc) is 2.45. The Kier molecular flexibility index (Phi) is 5.50. The summed E-state index contributed by atoms with van der Waals surface area (Å²) in [6.07, 6.45) is 5.88. The molecule has 0 aromatic heterocycles. The Balaban J connectivity index is 2.60. The molecule has 1 N–H and O–H groups in total. The van der Waals surface area contributed by atoms with Crippen molar-refractivity contribution in [3.8, 4) is 0 Å². The lowest BCUT2D eigenvalue weighted by atomic mass is 10.2. The van der Waals surface area contributed by atoms with Gasteiger partial charge in [-0.05, 0) is 18.6 Å². The van der Waals surface area contributed by atoms with Crippen LogP contribution in [-0.4, -0.2) is 31.7 Å². The van der Waals surface area contributed by atoms with Gasteiger partial charge < -0.3 is 10.2 Å². The first-order valence-corrected chi connectivity index (χ1v) is 5.48. The molecule has 0 aromatic rings. The van der Waals surface area contributed by atoms with E-state index in [0.717, 1.165) is 30.0 Å². The van der Waals surface area contributed by atoms with Gasteiger partial charge in [0.25, 0.3) is 0 Å². The zero-order valence-electron chi connectivity index (χ0n) is 9.99. The van der Waals surface area contributed by atoms with Gasteiger partial charge in [0, 0.05) is 12.8 Å². The Morgan fingerprint density at radius 2 is 2.44 bits per heavy atom. The lowest BCUT2D eigenvalue weighted by molar-refractivity contribution is 0.245. The van der Waals surface area contributed by atoms with Crippen molar-refractivity contribution in [1.82, 2.24) is 5.43 Å². The van der Waals surface area contributed by atoms with Crippen LogP contribution in [0.5, 0.6) is 0 Å². The van der Waals surface area contributed by atoms with Crippen LogP contribution in [-0.2, 0) is 4.74 Å². The molecular weight excluding hydrogens is 202 g/mol. The van der Waals surface area contributed by atoms with E-state index in [1.54, 1.807) is 7.11 Å². The van der Waals surface area contributed by atoms with Gasteiger partial charge in [0.1, 0.15) is 0 Å². The van der Waals surface area contributed by atoms with Gasteiger partial charge >= 0.3 is 0 Å². The standard InChI is InChI=1S/C12H19N3O/c1-4-5-10(2)14-11-6-7-12(9-16-3)15-13-8-11/h6-7,13H,2,4-5,8-9H2,1,3H3. The predicted octanol–water partition coefficient (Wildman–Crippen LogP) is 1.90. The van der Waals surface area contributed by atoms with Gasteiger partial charge in [0.2, 0.25) is 0 Å². The van der Waals surface area contributed by atoms with Gasteiger partial charge in [-0.25, -0.2) is 0 Å². The summed E-state index contributed by atoms with van der Waals surface area (Å²) < 4.78 is 5.01. The second-order valence-electron chi connectivity index (χ2n) is 3.62. The highest BCUT2D eigenvalue weighted by atomic mass is 16.5. The number of hydrogen-bond donors (Lipinski definition) is 1. The second-order valence-corrected chi connectivity index (χ2v) is 3.62. The fraction of sp³-hybridized carbons (Fsp3) is 0.500. The maximum atomic E-state index is 5.01. The fourth-order valence-corrected chi connectivity index (χ4v) is 1.36. The van der Waals surface area contributed by atoms with Crippen LogP contribution in [0, 0.1) is 0 Å². The average molecular weight is 221 g/mol. The largest absolute Gasteiger partial charge is 0.378 e. The summed E-state index contributed by atoms with van der Waals surface area (Å²) in [5, 5.41) is 4.16. The van der Waals surface area contributed by atoms with E-state index in [2.05, 4.69) is 29.0 Å². The van der Waals surface area contributed by atoms with Crippen LogP contribution in [0.1, 0.15) is 19.8 Å². The van der Waals surface area contributed by atoms with Crippen molar-refractivity contribution in [3.05, 3.63) is 24.4 Å². The SMILES string of the molecule is C=C(CCC)N=C1C=CC(COC)=NNC1. The van der Waals surface area contributed by atoms with E-state index in [9.17, 15) is 0 Å². The van der Waals surface area contributed by atoms with E-state index < -0.39 is 0 Å². The molecule has 0 unspecified atom stereocenters. The molecule has 0 fully saturated rings. The smallest absolute Gasteiger partial charge is 0.0901 e. The summed E-state index contributed by atoms with van der Waals surface area (Å²) in [6.45, 7) is 7.17. The number of allylic oxidation sites excluding steroid dienone is 1. The molecule has 0 aromatic carbocycles. The third-order valence-corrected chi connectivity index (χ3v) is 2.08. The molecule has 0 bridgehead atoms. The first-order chi connectivity index (χ1) is 7.76. The van der Waals surface area contributed by atoms with Crippen LogP contribution in [0.2, 0.25) is 0 Å². The van der Waals surface area contributed by atoms with E-state index in [4.69, 9.17) is 4.74 Å². The van der Waals surface area contributed by atoms with Crippen LogP contribution in [0.4, 0.5) is 0 Å². The lowest BCUT2D eigenvalue weighted by Gasteiger charge is -2.01. The van der Waals surface area contributed by atoms with Gasteiger partial charge in [-0.15, -0.1) is 0 Å². The highest BCUT2D eigenvalue weighted by Gasteiger charge is 2.02. The normalized spacial score (nSPS) is 17.9. The van der Waals surface area contributed by atoms with Crippen molar-refractivity contribution >= 4 is 11.4 Å². The highest BCUT2D eigenvalue weighted by Crippen LogP contribution is 2.04. The Hall–Kier alpha value is -1.42. The predicted molar refractivity (Wildman–Crippen MR) is 67.9 cm³/mol. The molecule has 0 aliphatic carbocycles. The monoisotopic (exact) mass is 221 g/mol. The highest BCUT2D eigenvalue weighted by molar-refractivity contribution is 6.06. The molecule has 0 radical (unpaired) electrons. The molecule has 0 spiro atoms. The van der Waals surface area contributed by atoms with Crippen molar-refractivity contribution in [3.63, 3.8) is 0 Å². The molecule has 4 nitrogen and oxygen atoms in total. The van der Waals surface area contributed by atoms with Crippen molar-refractivity contribution in [2.75, 3.05) is 20.3 Å². The molecule has 0 atom stereocenters. The van der Waals surface area contributed by atoms with Crippen molar-refractivity contribution in [2.45, 2.75) is 19.8 Å².